The van der Waals surface area contributed by atoms with Crippen molar-refractivity contribution in [3.63, 3.8) is 0 Å². The van der Waals surface area contributed by atoms with Crippen LogP contribution >= 0.6 is 0 Å². The molecule has 3 nitrogen and oxygen atoms in total. The minimum Gasteiger partial charge on any atom is -0.497 e. The highest BCUT2D eigenvalue weighted by molar-refractivity contribution is 5.86. The lowest BCUT2D eigenvalue weighted by Gasteiger charge is -2.34. The zero-order valence-corrected chi connectivity index (χ0v) is 13.3. The highest BCUT2D eigenvalue weighted by Gasteiger charge is 2.46. The van der Waals surface area contributed by atoms with Crippen molar-refractivity contribution in [3.05, 3.63) is 29.5 Å². The van der Waals surface area contributed by atoms with Crippen LogP contribution in [0, 0.1) is 11.8 Å². The van der Waals surface area contributed by atoms with Crippen LogP contribution in [-0.2, 0) is 6.42 Å². The molecule has 2 aliphatic heterocycles. The Labute approximate surface area is 131 Å². The van der Waals surface area contributed by atoms with Gasteiger partial charge in [-0.15, -0.1) is 0 Å². The van der Waals surface area contributed by atoms with Gasteiger partial charge in [0.25, 0.3) is 0 Å². The van der Waals surface area contributed by atoms with E-state index in [2.05, 4.69) is 28.1 Å². The van der Waals surface area contributed by atoms with E-state index < -0.39 is 0 Å². The summed E-state index contributed by atoms with van der Waals surface area (Å²) in [5, 5.41) is 1.38. The van der Waals surface area contributed by atoms with Gasteiger partial charge in [-0.1, -0.05) is 12.8 Å². The molecule has 0 spiro atoms. The molecule has 116 valence electrons. The quantitative estimate of drug-likeness (QED) is 0.864. The summed E-state index contributed by atoms with van der Waals surface area (Å²) in [5.74, 6) is 2.78. The fourth-order valence-corrected chi connectivity index (χ4v) is 5.34. The van der Waals surface area contributed by atoms with E-state index in [9.17, 15) is 0 Å². The van der Waals surface area contributed by atoms with E-state index in [-0.39, 0.29) is 0 Å². The van der Waals surface area contributed by atoms with Crippen LogP contribution in [-0.4, -0.2) is 30.1 Å². The van der Waals surface area contributed by atoms with Crippen LogP contribution in [0.2, 0.25) is 0 Å². The third kappa shape index (κ3) is 1.72. The number of nitrogens with zero attached hydrogens (tertiary/aromatic N) is 1. The molecule has 3 heterocycles. The Bertz CT molecular complexity index is 720. The van der Waals surface area contributed by atoms with Gasteiger partial charge in [0.05, 0.1) is 13.2 Å². The first-order valence-electron chi connectivity index (χ1n) is 8.77. The van der Waals surface area contributed by atoms with E-state index in [4.69, 9.17) is 4.74 Å². The summed E-state index contributed by atoms with van der Waals surface area (Å²) in [4.78, 5) is 6.53. The van der Waals surface area contributed by atoms with E-state index in [1.807, 2.05) is 0 Å². The summed E-state index contributed by atoms with van der Waals surface area (Å²) >= 11 is 0. The summed E-state index contributed by atoms with van der Waals surface area (Å²) in [5.41, 5.74) is 4.36. The number of fused-ring (bicyclic) bond motifs is 7. The van der Waals surface area contributed by atoms with Gasteiger partial charge in [0, 0.05) is 29.7 Å². The van der Waals surface area contributed by atoms with Gasteiger partial charge in [0.2, 0.25) is 0 Å². The van der Waals surface area contributed by atoms with Gasteiger partial charge in [0.15, 0.2) is 0 Å². The molecule has 2 aromatic rings. The number of H-pyrrole nitrogens is 1. The number of benzene rings is 1. The fraction of sp³-hybridized carbons (Fsp3) is 0.579. The molecule has 2 fully saturated rings. The van der Waals surface area contributed by atoms with Crippen molar-refractivity contribution in [2.45, 2.75) is 38.1 Å². The Morgan fingerprint density at radius 3 is 3.05 bits per heavy atom. The van der Waals surface area contributed by atoms with Gasteiger partial charge >= 0.3 is 0 Å². The van der Waals surface area contributed by atoms with Gasteiger partial charge in [-0.25, -0.2) is 0 Å². The lowest BCUT2D eigenvalue weighted by Crippen LogP contribution is -2.32. The number of rotatable bonds is 1. The smallest absolute Gasteiger partial charge is 0.119 e. The molecule has 0 amide bonds. The van der Waals surface area contributed by atoms with E-state index in [0.29, 0.717) is 6.04 Å². The van der Waals surface area contributed by atoms with Crippen LogP contribution < -0.4 is 4.74 Å². The van der Waals surface area contributed by atoms with E-state index in [0.717, 1.165) is 17.6 Å². The number of hydrogen-bond donors (Lipinski definition) is 1. The fourth-order valence-electron chi connectivity index (χ4n) is 5.34. The maximum absolute atomic E-state index is 5.43. The zero-order valence-electron chi connectivity index (χ0n) is 13.3. The molecule has 1 aliphatic carbocycles. The monoisotopic (exact) mass is 296 g/mol. The lowest BCUT2D eigenvalue weighted by molar-refractivity contribution is 0.198. The Morgan fingerprint density at radius 2 is 2.14 bits per heavy atom. The predicted octanol–water partition coefficient (Wildman–Crippen LogP) is 3.90. The van der Waals surface area contributed by atoms with Gasteiger partial charge in [0.1, 0.15) is 5.75 Å². The molecule has 22 heavy (non-hydrogen) atoms. The van der Waals surface area contributed by atoms with Crippen LogP contribution in [0.4, 0.5) is 0 Å². The van der Waals surface area contributed by atoms with Crippen molar-refractivity contribution in [1.29, 1.82) is 0 Å². The number of ether oxygens (including phenoxy) is 1. The Morgan fingerprint density at radius 1 is 1.23 bits per heavy atom. The number of aromatic nitrogens is 1. The third-order valence-electron chi connectivity index (χ3n) is 6.33. The van der Waals surface area contributed by atoms with Crippen LogP contribution in [0.5, 0.6) is 5.75 Å². The van der Waals surface area contributed by atoms with E-state index in [1.54, 1.807) is 12.7 Å². The Hall–Kier alpha value is -1.48. The maximum atomic E-state index is 5.43. The van der Waals surface area contributed by atoms with Gasteiger partial charge in [-0.2, -0.15) is 0 Å². The second-order valence-electron chi connectivity index (χ2n) is 7.33. The molecular formula is C19H24N2O. The maximum Gasteiger partial charge on any atom is 0.119 e. The molecule has 3 aliphatic rings. The van der Waals surface area contributed by atoms with Crippen molar-refractivity contribution >= 4 is 10.9 Å². The van der Waals surface area contributed by atoms with Crippen molar-refractivity contribution in [2.75, 3.05) is 20.2 Å². The summed E-state index contributed by atoms with van der Waals surface area (Å²) in [7, 11) is 1.76. The molecular weight excluding hydrogens is 272 g/mol. The zero-order chi connectivity index (χ0) is 14.7. The molecule has 1 aromatic carbocycles. The topological polar surface area (TPSA) is 28.3 Å². The average molecular weight is 296 g/mol. The molecule has 1 N–H and O–H groups in total. The Kier molecular flexibility index (Phi) is 2.81. The van der Waals surface area contributed by atoms with Crippen molar-refractivity contribution in [2.24, 2.45) is 11.8 Å². The van der Waals surface area contributed by atoms with Crippen LogP contribution in [0.3, 0.4) is 0 Å². The number of hydrogen-bond acceptors (Lipinski definition) is 2. The normalized spacial score (nSPS) is 30.9. The van der Waals surface area contributed by atoms with E-state index in [1.165, 1.54) is 61.8 Å². The average Bonchev–Trinajstić information content (AvgIpc) is 3.11. The summed E-state index contributed by atoms with van der Waals surface area (Å²) in [6.45, 7) is 2.56. The molecule has 0 unspecified atom stereocenters. The lowest BCUT2D eigenvalue weighted by atomic mass is 9.77. The summed E-state index contributed by atoms with van der Waals surface area (Å²) in [6, 6.07) is 7.12. The minimum atomic E-state index is 0.646. The van der Waals surface area contributed by atoms with Crippen LogP contribution in [0.1, 0.15) is 43.0 Å². The molecule has 3 heteroatoms. The van der Waals surface area contributed by atoms with Gasteiger partial charge < -0.3 is 9.72 Å². The molecule has 1 saturated carbocycles. The van der Waals surface area contributed by atoms with E-state index >= 15 is 0 Å². The molecule has 0 bridgehead atoms. The molecule has 1 saturated heterocycles. The van der Waals surface area contributed by atoms with Crippen LogP contribution in [0.25, 0.3) is 10.9 Å². The second kappa shape index (κ2) is 4.76. The minimum absolute atomic E-state index is 0.646. The highest BCUT2D eigenvalue weighted by atomic mass is 16.5. The third-order valence-corrected chi connectivity index (χ3v) is 6.33. The molecule has 3 atom stereocenters. The second-order valence-corrected chi connectivity index (χ2v) is 7.33. The molecule has 5 rings (SSSR count). The van der Waals surface area contributed by atoms with Crippen molar-refractivity contribution in [1.82, 2.24) is 9.88 Å². The highest BCUT2D eigenvalue weighted by Crippen LogP contribution is 2.51. The SMILES string of the molecule is COc1ccc2[nH]c3c(c2c1)CCN1C[C@H]2CCCC[C@H]2[C@@H]31. The molecule has 0 radical (unpaired) electrons. The Balaban J connectivity index is 1.64. The first-order chi connectivity index (χ1) is 10.8. The standard InChI is InChI=1S/C19H24N2O/c1-22-13-6-7-17-16(10-13)15-8-9-21-11-12-4-2-3-5-14(12)19(21)18(15)20-17/h6-7,10,12,14,19-20H,2-5,8-9,11H2,1H3/t12-,14-,19+/m1/s1. The largest absolute Gasteiger partial charge is 0.497 e. The summed E-state index contributed by atoms with van der Waals surface area (Å²) in [6.07, 6.45) is 6.91. The number of nitrogens with one attached hydrogen (secondary N) is 1. The summed E-state index contributed by atoms with van der Waals surface area (Å²) < 4.78 is 5.43. The first kappa shape index (κ1) is 13.0. The van der Waals surface area contributed by atoms with Gasteiger partial charge in [-0.05, 0) is 54.9 Å². The van der Waals surface area contributed by atoms with Crippen molar-refractivity contribution in [3.8, 4) is 5.75 Å². The van der Waals surface area contributed by atoms with Gasteiger partial charge in [-0.3, -0.25) is 4.90 Å². The predicted molar refractivity (Wildman–Crippen MR) is 88.3 cm³/mol. The number of methoxy groups -OCH3 is 1. The van der Waals surface area contributed by atoms with Crippen molar-refractivity contribution < 1.29 is 4.74 Å². The molecule has 1 aromatic heterocycles. The first-order valence-corrected chi connectivity index (χ1v) is 8.77. The number of aromatic amines is 1. The van der Waals surface area contributed by atoms with Crippen LogP contribution in [0.15, 0.2) is 18.2 Å².